The molecular weight excluding hydrogens is 304 g/mol. The number of benzene rings is 1. The van der Waals surface area contributed by atoms with Crippen molar-refractivity contribution in [2.45, 2.75) is 45.2 Å². The first kappa shape index (κ1) is 14.7. The number of halogens is 1. The average Bonchev–Trinajstić information content (AvgIpc) is 2.99. The zero-order valence-corrected chi connectivity index (χ0v) is 13.8. The molecule has 0 spiro atoms. The third-order valence-electron chi connectivity index (χ3n) is 4.37. The summed E-state index contributed by atoms with van der Waals surface area (Å²) in [5, 5.41) is 1.53. The SMILES string of the molecule is CCC1CCC(C)N1C(=O)c1sc2ccc(Cl)cc2c1N. The number of carbonyl (C=O) groups is 1. The first-order valence-electron chi connectivity index (χ1n) is 7.33. The van der Waals surface area contributed by atoms with Crippen LogP contribution in [0.15, 0.2) is 18.2 Å². The molecule has 1 fully saturated rings. The van der Waals surface area contributed by atoms with Crippen LogP contribution < -0.4 is 5.73 Å². The summed E-state index contributed by atoms with van der Waals surface area (Å²) in [6.45, 7) is 4.25. The molecule has 2 N–H and O–H groups in total. The second kappa shape index (κ2) is 5.50. The van der Waals surface area contributed by atoms with Crippen molar-refractivity contribution >= 4 is 44.6 Å². The lowest BCUT2D eigenvalue weighted by Crippen LogP contribution is -2.39. The highest BCUT2D eigenvalue weighted by Gasteiger charge is 2.35. The van der Waals surface area contributed by atoms with E-state index in [0.29, 0.717) is 21.6 Å². The summed E-state index contributed by atoms with van der Waals surface area (Å²) in [7, 11) is 0. The van der Waals surface area contributed by atoms with Gasteiger partial charge in [-0.15, -0.1) is 11.3 Å². The molecule has 1 aliphatic rings. The van der Waals surface area contributed by atoms with Crippen LogP contribution in [0.3, 0.4) is 0 Å². The Morgan fingerprint density at radius 3 is 2.95 bits per heavy atom. The van der Waals surface area contributed by atoms with Crippen molar-refractivity contribution in [2.75, 3.05) is 5.73 Å². The zero-order chi connectivity index (χ0) is 15.1. The molecule has 2 atom stereocenters. The van der Waals surface area contributed by atoms with Crippen LogP contribution in [0.5, 0.6) is 0 Å². The van der Waals surface area contributed by atoms with Gasteiger partial charge < -0.3 is 10.6 Å². The fourth-order valence-electron chi connectivity index (χ4n) is 3.20. The predicted octanol–water partition coefficient (Wildman–Crippen LogP) is 4.54. The van der Waals surface area contributed by atoms with E-state index in [4.69, 9.17) is 17.3 Å². The Morgan fingerprint density at radius 2 is 2.24 bits per heavy atom. The number of nitrogens with two attached hydrogens (primary N) is 1. The molecular formula is C16H19ClN2OS. The minimum atomic E-state index is 0.0710. The minimum Gasteiger partial charge on any atom is -0.397 e. The first-order valence-corrected chi connectivity index (χ1v) is 8.52. The van der Waals surface area contributed by atoms with Crippen LogP contribution in [0.1, 0.15) is 42.8 Å². The summed E-state index contributed by atoms with van der Waals surface area (Å²) in [5.74, 6) is 0.0710. The summed E-state index contributed by atoms with van der Waals surface area (Å²) < 4.78 is 1.01. The van der Waals surface area contributed by atoms with Crippen LogP contribution in [0.2, 0.25) is 5.02 Å². The van der Waals surface area contributed by atoms with Gasteiger partial charge in [0.2, 0.25) is 0 Å². The number of rotatable bonds is 2. The average molecular weight is 323 g/mol. The molecule has 0 saturated carbocycles. The van der Waals surface area contributed by atoms with Crippen molar-refractivity contribution in [3.05, 3.63) is 28.1 Å². The number of nitrogen functional groups attached to an aromatic ring is 1. The molecule has 0 aliphatic carbocycles. The molecule has 2 aromatic rings. The number of hydrogen-bond acceptors (Lipinski definition) is 3. The molecule has 0 bridgehead atoms. The minimum absolute atomic E-state index is 0.0710. The summed E-state index contributed by atoms with van der Waals surface area (Å²) in [5.41, 5.74) is 6.78. The van der Waals surface area contributed by atoms with Crippen molar-refractivity contribution in [2.24, 2.45) is 0 Å². The van der Waals surface area contributed by atoms with Crippen molar-refractivity contribution < 1.29 is 4.79 Å². The second-order valence-corrected chi connectivity index (χ2v) is 7.17. The van der Waals surface area contributed by atoms with Gasteiger partial charge in [-0.1, -0.05) is 18.5 Å². The summed E-state index contributed by atoms with van der Waals surface area (Å²) in [6.07, 6.45) is 3.15. The highest BCUT2D eigenvalue weighted by molar-refractivity contribution is 7.21. The second-order valence-electron chi connectivity index (χ2n) is 5.69. The Labute approximate surface area is 133 Å². The molecule has 2 heterocycles. The summed E-state index contributed by atoms with van der Waals surface area (Å²) in [4.78, 5) is 15.6. The molecule has 1 aromatic carbocycles. The van der Waals surface area contributed by atoms with E-state index >= 15 is 0 Å². The number of anilines is 1. The van der Waals surface area contributed by atoms with Crippen molar-refractivity contribution in [1.82, 2.24) is 4.90 Å². The molecule has 0 radical (unpaired) electrons. The van der Waals surface area contributed by atoms with Gasteiger partial charge in [-0.2, -0.15) is 0 Å². The topological polar surface area (TPSA) is 46.3 Å². The lowest BCUT2D eigenvalue weighted by Gasteiger charge is -2.27. The molecule has 3 rings (SSSR count). The van der Waals surface area contributed by atoms with Gasteiger partial charge in [-0.25, -0.2) is 0 Å². The van der Waals surface area contributed by atoms with E-state index in [0.717, 1.165) is 29.3 Å². The van der Waals surface area contributed by atoms with E-state index in [2.05, 4.69) is 13.8 Å². The monoisotopic (exact) mass is 322 g/mol. The van der Waals surface area contributed by atoms with E-state index in [9.17, 15) is 4.79 Å². The number of nitrogens with zero attached hydrogens (tertiary/aromatic N) is 1. The van der Waals surface area contributed by atoms with Gasteiger partial charge >= 0.3 is 0 Å². The fourth-order valence-corrected chi connectivity index (χ4v) is 4.42. The van der Waals surface area contributed by atoms with E-state index in [1.165, 1.54) is 11.3 Å². The standard InChI is InChI=1S/C16H19ClN2OS/c1-3-11-6-4-9(2)19(11)16(20)15-14(18)12-8-10(17)5-7-13(12)21-15/h5,7-9,11H,3-4,6,18H2,1-2H3. The Balaban J connectivity index is 2.03. The number of likely N-dealkylation sites (tertiary alicyclic amines) is 1. The van der Waals surface area contributed by atoms with Crippen LogP contribution in [0.4, 0.5) is 5.69 Å². The Morgan fingerprint density at radius 1 is 1.48 bits per heavy atom. The molecule has 21 heavy (non-hydrogen) atoms. The third-order valence-corrected chi connectivity index (χ3v) is 5.78. The molecule has 1 aliphatic heterocycles. The molecule has 3 nitrogen and oxygen atoms in total. The molecule has 2 unspecified atom stereocenters. The quantitative estimate of drug-likeness (QED) is 0.882. The Hall–Kier alpha value is -1.26. The fraction of sp³-hybridized carbons (Fsp3) is 0.438. The van der Waals surface area contributed by atoms with Gasteiger partial charge in [-0.05, 0) is 44.4 Å². The van der Waals surface area contributed by atoms with E-state index in [1.54, 1.807) is 0 Å². The molecule has 5 heteroatoms. The van der Waals surface area contributed by atoms with Gasteiger partial charge in [0, 0.05) is 27.2 Å². The Kier molecular flexibility index (Phi) is 3.84. The van der Waals surface area contributed by atoms with Gasteiger partial charge in [0.25, 0.3) is 5.91 Å². The first-order chi connectivity index (χ1) is 10.0. The molecule has 112 valence electrons. The van der Waals surface area contributed by atoms with Crippen LogP contribution in [0, 0.1) is 0 Å². The zero-order valence-electron chi connectivity index (χ0n) is 12.2. The van der Waals surface area contributed by atoms with Gasteiger partial charge in [-0.3, -0.25) is 4.79 Å². The van der Waals surface area contributed by atoms with Crippen molar-refractivity contribution in [1.29, 1.82) is 0 Å². The van der Waals surface area contributed by atoms with Crippen LogP contribution in [-0.2, 0) is 0 Å². The van der Waals surface area contributed by atoms with Crippen LogP contribution in [0.25, 0.3) is 10.1 Å². The Bertz CT molecular complexity index is 697. The number of hydrogen-bond donors (Lipinski definition) is 1. The maximum absolute atomic E-state index is 12.9. The number of thiophene rings is 1. The van der Waals surface area contributed by atoms with Crippen LogP contribution in [-0.4, -0.2) is 22.9 Å². The largest absolute Gasteiger partial charge is 0.397 e. The van der Waals surface area contributed by atoms with Crippen molar-refractivity contribution in [3.8, 4) is 0 Å². The lowest BCUT2D eigenvalue weighted by molar-refractivity contribution is 0.0682. The molecule has 1 amide bonds. The summed E-state index contributed by atoms with van der Waals surface area (Å²) >= 11 is 7.50. The van der Waals surface area contributed by atoms with E-state index in [1.807, 2.05) is 23.1 Å². The molecule has 1 saturated heterocycles. The van der Waals surface area contributed by atoms with Crippen molar-refractivity contribution in [3.63, 3.8) is 0 Å². The van der Waals surface area contributed by atoms with Crippen LogP contribution >= 0.6 is 22.9 Å². The number of carbonyl (C=O) groups excluding carboxylic acids is 1. The predicted molar refractivity (Wildman–Crippen MR) is 90.2 cm³/mol. The number of amides is 1. The smallest absolute Gasteiger partial charge is 0.266 e. The third kappa shape index (κ3) is 2.40. The van der Waals surface area contributed by atoms with Gasteiger partial charge in [0.05, 0.1) is 5.69 Å². The van der Waals surface area contributed by atoms with Gasteiger partial charge in [0.1, 0.15) is 4.88 Å². The maximum Gasteiger partial charge on any atom is 0.266 e. The number of fused-ring (bicyclic) bond motifs is 1. The highest BCUT2D eigenvalue weighted by atomic mass is 35.5. The lowest BCUT2D eigenvalue weighted by atomic mass is 10.1. The molecule has 1 aromatic heterocycles. The van der Waals surface area contributed by atoms with Gasteiger partial charge in [0.15, 0.2) is 0 Å². The van der Waals surface area contributed by atoms with E-state index in [-0.39, 0.29) is 11.9 Å². The summed E-state index contributed by atoms with van der Waals surface area (Å²) in [6, 6.07) is 6.22. The normalized spacial score (nSPS) is 22.1. The van der Waals surface area contributed by atoms with E-state index < -0.39 is 0 Å². The highest BCUT2D eigenvalue weighted by Crippen LogP contribution is 2.38. The maximum atomic E-state index is 12.9.